The summed E-state index contributed by atoms with van der Waals surface area (Å²) in [6.45, 7) is 2.27. The quantitative estimate of drug-likeness (QED) is 0.775. The minimum absolute atomic E-state index is 0.168. The van der Waals surface area contributed by atoms with E-state index in [2.05, 4.69) is 37.3 Å². The van der Waals surface area contributed by atoms with E-state index in [4.69, 9.17) is 0 Å². The van der Waals surface area contributed by atoms with E-state index in [1.165, 1.54) is 31.0 Å². The molecular formula is C18H19N5O. The van der Waals surface area contributed by atoms with E-state index in [-0.39, 0.29) is 5.56 Å². The van der Waals surface area contributed by atoms with Gasteiger partial charge in [-0.2, -0.15) is 4.98 Å². The van der Waals surface area contributed by atoms with Gasteiger partial charge in [0.2, 0.25) is 11.5 Å². The SMILES string of the molecule is O=c1ccc2cnc(Nc3ccc(N4CCCCC4)cc3)nc2[nH]1. The average molecular weight is 321 g/mol. The number of rotatable bonds is 3. The van der Waals surface area contributed by atoms with E-state index in [0.717, 1.165) is 24.2 Å². The highest BCUT2D eigenvalue weighted by molar-refractivity contribution is 5.74. The van der Waals surface area contributed by atoms with E-state index >= 15 is 0 Å². The Bertz CT molecular complexity index is 897. The van der Waals surface area contributed by atoms with Gasteiger partial charge < -0.3 is 15.2 Å². The molecule has 0 amide bonds. The van der Waals surface area contributed by atoms with Gasteiger partial charge in [-0.1, -0.05) is 0 Å². The predicted molar refractivity (Wildman–Crippen MR) is 95.9 cm³/mol. The van der Waals surface area contributed by atoms with Crippen LogP contribution in [-0.4, -0.2) is 28.0 Å². The fraction of sp³-hybridized carbons (Fsp3) is 0.278. The Balaban J connectivity index is 1.53. The fourth-order valence-electron chi connectivity index (χ4n) is 3.03. The first-order valence-corrected chi connectivity index (χ1v) is 8.26. The molecule has 1 saturated heterocycles. The smallest absolute Gasteiger partial charge is 0.249 e. The molecule has 4 rings (SSSR count). The molecule has 1 fully saturated rings. The Hall–Kier alpha value is -2.89. The lowest BCUT2D eigenvalue weighted by Gasteiger charge is -2.28. The van der Waals surface area contributed by atoms with Crippen LogP contribution in [0.4, 0.5) is 17.3 Å². The number of benzene rings is 1. The molecule has 1 aliphatic heterocycles. The highest BCUT2D eigenvalue weighted by Gasteiger charge is 2.10. The number of hydrogen-bond acceptors (Lipinski definition) is 5. The molecule has 24 heavy (non-hydrogen) atoms. The fourth-order valence-corrected chi connectivity index (χ4v) is 3.03. The summed E-state index contributed by atoms with van der Waals surface area (Å²) in [7, 11) is 0. The summed E-state index contributed by atoms with van der Waals surface area (Å²) in [5.41, 5.74) is 2.54. The first-order valence-electron chi connectivity index (χ1n) is 8.26. The molecule has 3 aromatic rings. The molecule has 0 saturated carbocycles. The highest BCUT2D eigenvalue weighted by atomic mass is 16.1. The van der Waals surface area contributed by atoms with Crippen LogP contribution in [0.2, 0.25) is 0 Å². The van der Waals surface area contributed by atoms with Crippen LogP contribution in [0.5, 0.6) is 0 Å². The van der Waals surface area contributed by atoms with E-state index in [9.17, 15) is 4.79 Å². The van der Waals surface area contributed by atoms with Crippen molar-refractivity contribution in [2.45, 2.75) is 19.3 Å². The van der Waals surface area contributed by atoms with Gasteiger partial charge in [0.15, 0.2) is 0 Å². The van der Waals surface area contributed by atoms with Crippen molar-refractivity contribution in [3.05, 3.63) is 52.9 Å². The van der Waals surface area contributed by atoms with Gasteiger partial charge in [-0.15, -0.1) is 0 Å². The van der Waals surface area contributed by atoms with Crippen LogP contribution in [0.15, 0.2) is 47.4 Å². The molecule has 1 aliphatic rings. The van der Waals surface area contributed by atoms with Crippen LogP contribution in [-0.2, 0) is 0 Å². The normalized spacial score (nSPS) is 14.8. The second-order valence-corrected chi connectivity index (χ2v) is 6.04. The number of nitrogens with one attached hydrogen (secondary N) is 2. The van der Waals surface area contributed by atoms with Crippen molar-refractivity contribution in [2.24, 2.45) is 0 Å². The molecule has 3 heterocycles. The van der Waals surface area contributed by atoms with Crippen LogP contribution in [0.1, 0.15) is 19.3 Å². The van der Waals surface area contributed by atoms with Crippen LogP contribution in [0.3, 0.4) is 0 Å². The molecule has 0 radical (unpaired) electrons. The maximum absolute atomic E-state index is 11.4. The molecule has 0 atom stereocenters. The molecule has 6 heteroatoms. The maximum atomic E-state index is 11.4. The molecular weight excluding hydrogens is 302 g/mol. The topological polar surface area (TPSA) is 73.9 Å². The lowest BCUT2D eigenvalue weighted by Crippen LogP contribution is -2.29. The second-order valence-electron chi connectivity index (χ2n) is 6.04. The van der Waals surface area contributed by atoms with E-state index in [1.54, 1.807) is 12.3 Å². The predicted octanol–water partition coefficient (Wildman–Crippen LogP) is 3.05. The number of H-pyrrole nitrogens is 1. The second kappa shape index (κ2) is 6.31. The minimum atomic E-state index is -0.168. The number of nitrogens with zero attached hydrogens (tertiary/aromatic N) is 3. The van der Waals surface area contributed by atoms with E-state index in [0.29, 0.717) is 11.6 Å². The van der Waals surface area contributed by atoms with Crippen molar-refractivity contribution in [3.63, 3.8) is 0 Å². The van der Waals surface area contributed by atoms with Gasteiger partial charge in [0, 0.05) is 42.1 Å². The molecule has 0 spiro atoms. The lowest BCUT2D eigenvalue weighted by atomic mass is 10.1. The minimum Gasteiger partial charge on any atom is -0.372 e. The van der Waals surface area contributed by atoms with Crippen molar-refractivity contribution in [2.75, 3.05) is 23.3 Å². The third-order valence-electron chi connectivity index (χ3n) is 4.32. The van der Waals surface area contributed by atoms with Crippen molar-refractivity contribution in [1.29, 1.82) is 0 Å². The molecule has 1 aromatic carbocycles. The molecule has 2 N–H and O–H groups in total. The van der Waals surface area contributed by atoms with Gasteiger partial charge >= 0.3 is 0 Å². The Morgan fingerprint density at radius 3 is 2.58 bits per heavy atom. The number of anilines is 3. The zero-order valence-electron chi connectivity index (χ0n) is 13.3. The number of aromatic amines is 1. The van der Waals surface area contributed by atoms with E-state index in [1.807, 2.05) is 12.1 Å². The van der Waals surface area contributed by atoms with Gasteiger partial charge in [-0.25, -0.2) is 4.98 Å². The Morgan fingerprint density at radius 2 is 1.79 bits per heavy atom. The van der Waals surface area contributed by atoms with Crippen molar-refractivity contribution in [1.82, 2.24) is 15.0 Å². The first kappa shape index (κ1) is 14.7. The first-order chi connectivity index (χ1) is 11.8. The zero-order valence-corrected chi connectivity index (χ0v) is 13.3. The van der Waals surface area contributed by atoms with Crippen molar-refractivity contribution in [3.8, 4) is 0 Å². The van der Waals surface area contributed by atoms with Gasteiger partial charge in [0.05, 0.1) is 0 Å². The van der Waals surface area contributed by atoms with Crippen molar-refractivity contribution < 1.29 is 0 Å². The molecule has 0 aliphatic carbocycles. The number of pyridine rings is 1. The van der Waals surface area contributed by atoms with Gasteiger partial charge in [0.1, 0.15) is 5.65 Å². The Labute approximate surface area is 139 Å². The highest BCUT2D eigenvalue weighted by Crippen LogP contribution is 2.23. The summed E-state index contributed by atoms with van der Waals surface area (Å²) in [6.07, 6.45) is 5.56. The van der Waals surface area contributed by atoms with Gasteiger partial charge in [0.25, 0.3) is 0 Å². The monoisotopic (exact) mass is 321 g/mol. The molecule has 122 valence electrons. The Morgan fingerprint density at radius 1 is 1.00 bits per heavy atom. The maximum Gasteiger partial charge on any atom is 0.249 e. The zero-order chi connectivity index (χ0) is 16.4. The molecule has 6 nitrogen and oxygen atoms in total. The summed E-state index contributed by atoms with van der Waals surface area (Å²) in [5, 5.41) is 3.99. The molecule has 2 aromatic heterocycles. The third kappa shape index (κ3) is 3.08. The molecule has 0 unspecified atom stereocenters. The third-order valence-corrected chi connectivity index (χ3v) is 4.32. The summed E-state index contributed by atoms with van der Waals surface area (Å²) in [6, 6.07) is 11.5. The Kier molecular flexibility index (Phi) is 3.86. The summed E-state index contributed by atoms with van der Waals surface area (Å²) in [5.74, 6) is 0.468. The van der Waals surface area contributed by atoms with Crippen LogP contribution in [0, 0.1) is 0 Å². The largest absolute Gasteiger partial charge is 0.372 e. The van der Waals surface area contributed by atoms with Crippen LogP contribution < -0.4 is 15.8 Å². The average Bonchev–Trinajstić information content (AvgIpc) is 2.63. The number of piperidine rings is 1. The summed E-state index contributed by atoms with van der Waals surface area (Å²) in [4.78, 5) is 25.2. The lowest BCUT2D eigenvalue weighted by molar-refractivity contribution is 0.578. The van der Waals surface area contributed by atoms with Gasteiger partial charge in [-0.3, -0.25) is 4.79 Å². The van der Waals surface area contributed by atoms with Crippen molar-refractivity contribution >= 4 is 28.4 Å². The number of fused-ring (bicyclic) bond motifs is 1. The number of hydrogen-bond donors (Lipinski definition) is 2. The van der Waals surface area contributed by atoms with Crippen LogP contribution >= 0.6 is 0 Å². The summed E-state index contributed by atoms with van der Waals surface area (Å²) < 4.78 is 0. The number of aromatic nitrogens is 3. The van der Waals surface area contributed by atoms with Crippen LogP contribution in [0.25, 0.3) is 11.0 Å². The molecule has 0 bridgehead atoms. The van der Waals surface area contributed by atoms with E-state index < -0.39 is 0 Å². The van der Waals surface area contributed by atoms with Gasteiger partial charge in [-0.05, 0) is 49.6 Å². The standard InChI is InChI=1S/C18H19N5O/c24-16-9-4-13-12-19-18(22-17(13)21-16)20-14-5-7-15(8-6-14)23-10-2-1-3-11-23/h4-9,12H,1-3,10-11H2,(H2,19,20,21,22,24). The summed E-state index contributed by atoms with van der Waals surface area (Å²) >= 11 is 0.